The van der Waals surface area contributed by atoms with Crippen LogP contribution in [-0.4, -0.2) is 49.1 Å². The van der Waals surface area contributed by atoms with E-state index in [1.807, 2.05) is 6.07 Å². The molecule has 0 spiro atoms. The number of carbonyl (C=O) groups is 1. The van der Waals surface area contributed by atoms with E-state index in [2.05, 4.69) is 43.2 Å². The van der Waals surface area contributed by atoms with Crippen LogP contribution in [0.5, 0.6) is 0 Å². The molecule has 0 bridgehead atoms. The molecule has 2 fully saturated rings. The molecule has 1 aromatic carbocycles. The zero-order chi connectivity index (χ0) is 16.5. The van der Waals surface area contributed by atoms with E-state index in [-0.39, 0.29) is 5.91 Å². The minimum atomic E-state index is 0.278. The summed E-state index contributed by atoms with van der Waals surface area (Å²) in [6, 6.07) is 7.34. The lowest BCUT2D eigenvalue weighted by molar-refractivity contribution is -0.118. The summed E-state index contributed by atoms with van der Waals surface area (Å²) >= 11 is 3.55. The highest BCUT2D eigenvalue weighted by atomic mass is 79.9. The molecule has 1 aromatic rings. The van der Waals surface area contributed by atoms with E-state index in [0.717, 1.165) is 48.7 Å². The van der Waals surface area contributed by atoms with E-state index in [0.29, 0.717) is 12.5 Å². The van der Waals surface area contributed by atoms with Crippen molar-refractivity contribution in [1.29, 1.82) is 0 Å². The van der Waals surface area contributed by atoms with E-state index in [1.54, 1.807) is 0 Å². The van der Waals surface area contributed by atoms with Crippen molar-refractivity contribution in [2.75, 3.05) is 31.1 Å². The van der Waals surface area contributed by atoms with E-state index in [1.165, 1.54) is 31.4 Å². The van der Waals surface area contributed by atoms with Crippen LogP contribution in [0.25, 0.3) is 0 Å². The van der Waals surface area contributed by atoms with Gasteiger partial charge in [-0.2, -0.15) is 0 Å². The lowest BCUT2D eigenvalue weighted by Gasteiger charge is -2.40. The SMILES string of the molecule is O=C1Cc2ccc(Br)cc2N1C1CCN(C2CCCNCC2)CC1. The number of fused-ring (bicyclic) bond motifs is 1. The molecule has 4 nitrogen and oxygen atoms in total. The third kappa shape index (κ3) is 3.26. The summed E-state index contributed by atoms with van der Waals surface area (Å²) in [5.74, 6) is 0.278. The first-order valence-corrected chi connectivity index (χ1v) is 10.1. The van der Waals surface area contributed by atoms with Gasteiger partial charge in [0, 0.05) is 35.3 Å². The lowest BCUT2D eigenvalue weighted by Crippen LogP contribution is -2.49. The number of likely N-dealkylation sites (tertiary alicyclic amines) is 1. The highest BCUT2D eigenvalue weighted by Gasteiger charge is 2.36. The molecule has 1 N–H and O–H groups in total. The van der Waals surface area contributed by atoms with Gasteiger partial charge in [-0.15, -0.1) is 0 Å². The van der Waals surface area contributed by atoms with Gasteiger partial charge in [0.2, 0.25) is 5.91 Å². The number of piperidine rings is 1. The smallest absolute Gasteiger partial charge is 0.231 e. The third-order valence-corrected chi connectivity index (χ3v) is 6.34. The summed E-state index contributed by atoms with van der Waals surface area (Å²) in [6.07, 6.45) is 6.64. The topological polar surface area (TPSA) is 35.6 Å². The zero-order valence-electron chi connectivity index (χ0n) is 14.1. The first kappa shape index (κ1) is 16.6. The van der Waals surface area contributed by atoms with Crippen LogP contribution in [0, 0.1) is 0 Å². The maximum absolute atomic E-state index is 12.6. The Labute approximate surface area is 152 Å². The fraction of sp³-hybridized carbons (Fsp3) is 0.632. The minimum absolute atomic E-state index is 0.278. The standard InChI is InChI=1S/C19H26BrN3O/c20-15-4-3-14-12-19(24)23(18(14)13-15)17-6-10-22(11-7-17)16-2-1-8-21-9-5-16/h3-4,13,16-17,21H,1-2,5-12H2. The molecule has 0 aliphatic carbocycles. The minimum Gasteiger partial charge on any atom is -0.317 e. The summed E-state index contributed by atoms with van der Waals surface area (Å²) in [5, 5.41) is 3.51. The van der Waals surface area contributed by atoms with Gasteiger partial charge in [-0.25, -0.2) is 0 Å². The van der Waals surface area contributed by atoms with Crippen molar-refractivity contribution in [3.05, 3.63) is 28.2 Å². The molecule has 0 radical (unpaired) electrons. The summed E-state index contributed by atoms with van der Waals surface area (Å²) in [7, 11) is 0. The van der Waals surface area contributed by atoms with Crippen molar-refractivity contribution in [3.63, 3.8) is 0 Å². The van der Waals surface area contributed by atoms with Gasteiger partial charge in [-0.1, -0.05) is 22.0 Å². The second-order valence-electron chi connectivity index (χ2n) is 7.32. The van der Waals surface area contributed by atoms with Gasteiger partial charge in [-0.3, -0.25) is 4.79 Å². The Morgan fingerprint density at radius 3 is 2.71 bits per heavy atom. The molecule has 0 aromatic heterocycles. The largest absolute Gasteiger partial charge is 0.317 e. The average molecular weight is 392 g/mol. The van der Waals surface area contributed by atoms with Crippen LogP contribution in [0.3, 0.4) is 0 Å². The summed E-state index contributed by atoms with van der Waals surface area (Å²) < 4.78 is 1.06. The first-order chi connectivity index (χ1) is 11.7. The Kier molecular flexibility index (Phi) is 4.93. The van der Waals surface area contributed by atoms with Crippen molar-refractivity contribution >= 4 is 27.5 Å². The zero-order valence-corrected chi connectivity index (χ0v) is 15.7. The van der Waals surface area contributed by atoms with E-state index < -0.39 is 0 Å². The van der Waals surface area contributed by atoms with Gasteiger partial charge in [0.15, 0.2) is 0 Å². The van der Waals surface area contributed by atoms with Crippen molar-refractivity contribution in [3.8, 4) is 0 Å². The van der Waals surface area contributed by atoms with Gasteiger partial charge >= 0.3 is 0 Å². The fourth-order valence-corrected chi connectivity index (χ4v) is 4.92. The number of halogens is 1. The molecule has 0 saturated carbocycles. The molecule has 5 heteroatoms. The molecule has 1 atom stereocenters. The monoisotopic (exact) mass is 391 g/mol. The van der Waals surface area contributed by atoms with Crippen molar-refractivity contribution in [2.24, 2.45) is 0 Å². The molecule has 1 unspecified atom stereocenters. The van der Waals surface area contributed by atoms with Crippen LogP contribution in [0.1, 0.15) is 37.7 Å². The normalized spacial score (nSPS) is 26.5. The molecular weight excluding hydrogens is 366 g/mol. The van der Waals surface area contributed by atoms with Crippen LogP contribution < -0.4 is 10.2 Å². The first-order valence-electron chi connectivity index (χ1n) is 9.27. The summed E-state index contributed by atoms with van der Waals surface area (Å²) in [4.78, 5) is 17.3. The number of hydrogen-bond donors (Lipinski definition) is 1. The van der Waals surface area contributed by atoms with Crippen LogP contribution in [0.15, 0.2) is 22.7 Å². The van der Waals surface area contributed by atoms with Crippen molar-refractivity contribution < 1.29 is 4.79 Å². The number of rotatable bonds is 2. The molecule has 3 heterocycles. The second kappa shape index (κ2) is 7.14. The van der Waals surface area contributed by atoms with Gasteiger partial charge in [0.1, 0.15) is 0 Å². The molecule has 1 amide bonds. The molecule has 24 heavy (non-hydrogen) atoms. The predicted octanol–water partition coefficient (Wildman–Crippen LogP) is 2.94. The number of anilines is 1. The van der Waals surface area contributed by atoms with Crippen LogP contribution >= 0.6 is 15.9 Å². The maximum atomic E-state index is 12.6. The Hall–Kier alpha value is -0.910. The molecular formula is C19H26BrN3O. The Morgan fingerprint density at radius 2 is 1.88 bits per heavy atom. The number of benzene rings is 1. The van der Waals surface area contributed by atoms with E-state index >= 15 is 0 Å². The highest BCUT2D eigenvalue weighted by molar-refractivity contribution is 9.10. The number of nitrogens with zero attached hydrogens (tertiary/aromatic N) is 2. The summed E-state index contributed by atoms with van der Waals surface area (Å²) in [5.41, 5.74) is 2.31. The van der Waals surface area contributed by atoms with Crippen molar-refractivity contribution in [1.82, 2.24) is 10.2 Å². The predicted molar refractivity (Wildman–Crippen MR) is 100 cm³/mol. The molecule has 130 valence electrons. The fourth-order valence-electron chi connectivity index (χ4n) is 4.57. The van der Waals surface area contributed by atoms with Gasteiger partial charge in [-0.05, 0) is 62.9 Å². The second-order valence-corrected chi connectivity index (χ2v) is 8.23. The Bertz CT molecular complexity index is 605. The van der Waals surface area contributed by atoms with Gasteiger partial charge in [0.25, 0.3) is 0 Å². The van der Waals surface area contributed by atoms with E-state index in [9.17, 15) is 4.79 Å². The average Bonchev–Trinajstić information content (AvgIpc) is 2.77. The van der Waals surface area contributed by atoms with Crippen LogP contribution in [0.2, 0.25) is 0 Å². The van der Waals surface area contributed by atoms with Crippen LogP contribution in [0.4, 0.5) is 5.69 Å². The molecule has 3 aliphatic rings. The number of hydrogen-bond acceptors (Lipinski definition) is 3. The maximum Gasteiger partial charge on any atom is 0.231 e. The molecule has 4 rings (SSSR count). The highest BCUT2D eigenvalue weighted by Crippen LogP contribution is 2.35. The molecule has 2 saturated heterocycles. The Morgan fingerprint density at radius 1 is 1.04 bits per heavy atom. The summed E-state index contributed by atoms with van der Waals surface area (Å²) in [6.45, 7) is 4.57. The number of nitrogens with one attached hydrogen (secondary N) is 1. The van der Waals surface area contributed by atoms with Gasteiger partial charge in [0.05, 0.1) is 6.42 Å². The number of carbonyl (C=O) groups excluding carboxylic acids is 1. The van der Waals surface area contributed by atoms with Crippen LogP contribution in [-0.2, 0) is 11.2 Å². The molecule has 3 aliphatic heterocycles. The van der Waals surface area contributed by atoms with E-state index in [4.69, 9.17) is 0 Å². The third-order valence-electron chi connectivity index (χ3n) is 5.84. The van der Waals surface area contributed by atoms with Crippen molar-refractivity contribution in [2.45, 2.75) is 50.6 Å². The van der Waals surface area contributed by atoms with Gasteiger partial charge < -0.3 is 15.1 Å². The number of amides is 1. The lowest BCUT2D eigenvalue weighted by atomic mass is 9.98. The Balaban J connectivity index is 1.43. The quantitative estimate of drug-likeness (QED) is 0.841.